The molecule has 1 N–H and O–H groups in total. The normalized spacial score (nSPS) is 11.5. The van der Waals surface area contributed by atoms with Crippen LogP contribution in [0.3, 0.4) is 0 Å². The SMILES string of the molecule is CC(C)CNCc1coc2ccc(Br)cc12. The summed E-state index contributed by atoms with van der Waals surface area (Å²) in [4.78, 5) is 0. The van der Waals surface area contributed by atoms with Crippen LogP contribution in [0.5, 0.6) is 0 Å². The van der Waals surface area contributed by atoms with Crippen molar-refractivity contribution < 1.29 is 4.42 Å². The van der Waals surface area contributed by atoms with Crippen molar-refractivity contribution in [1.82, 2.24) is 5.32 Å². The molecule has 0 radical (unpaired) electrons. The van der Waals surface area contributed by atoms with Crippen LogP contribution in [-0.4, -0.2) is 6.54 Å². The molecule has 0 spiro atoms. The number of halogens is 1. The van der Waals surface area contributed by atoms with Crippen LogP contribution >= 0.6 is 15.9 Å². The van der Waals surface area contributed by atoms with Gasteiger partial charge >= 0.3 is 0 Å². The minimum atomic E-state index is 0.671. The van der Waals surface area contributed by atoms with Crippen molar-refractivity contribution in [3.8, 4) is 0 Å². The Balaban J connectivity index is 2.15. The van der Waals surface area contributed by atoms with E-state index in [1.54, 1.807) is 0 Å². The first kappa shape index (κ1) is 11.7. The Bertz CT molecular complexity index is 476. The molecule has 86 valence electrons. The lowest BCUT2D eigenvalue weighted by atomic mass is 10.1. The average molecular weight is 282 g/mol. The van der Waals surface area contributed by atoms with Gasteiger partial charge in [0.15, 0.2) is 0 Å². The van der Waals surface area contributed by atoms with Gasteiger partial charge in [0.25, 0.3) is 0 Å². The molecule has 0 aliphatic carbocycles. The quantitative estimate of drug-likeness (QED) is 0.918. The molecule has 2 nitrogen and oxygen atoms in total. The van der Waals surface area contributed by atoms with Crippen LogP contribution in [0.25, 0.3) is 11.0 Å². The van der Waals surface area contributed by atoms with E-state index in [-0.39, 0.29) is 0 Å². The van der Waals surface area contributed by atoms with Gasteiger partial charge in [-0.1, -0.05) is 29.8 Å². The lowest BCUT2D eigenvalue weighted by molar-refractivity contribution is 0.547. The number of fused-ring (bicyclic) bond motifs is 1. The van der Waals surface area contributed by atoms with Crippen molar-refractivity contribution in [3.63, 3.8) is 0 Å². The van der Waals surface area contributed by atoms with E-state index in [2.05, 4.69) is 41.2 Å². The second-order valence-electron chi connectivity index (χ2n) is 4.43. The Morgan fingerprint density at radius 1 is 1.38 bits per heavy atom. The van der Waals surface area contributed by atoms with Gasteiger partial charge in [0, 0.05) is 22.0 Å². The predicted octanol–water partition coefficient (Wildman–Crippen LogP) is 3.94. The maximum atomic E-state index is 5.50. The molecule has 0 amide bonds. The maximum absolute atomic E-state index is 5.50. The summed E-state index contributed by atoms with van der Waals surface area (Å²) in [5.74, 6) is 0.671. The minimum Gasteiger partial charge on any atom is -0.464 e. The third kappa shape index (κ3) is 2.66. The Labute approximate surface area is 104 Å². The average Bonchev–Trinajstić information content (AvgIpc) is 2.60. The molecule has 1 aromatic heterocycles. The van der Waals surface area contributed by atoms with E-state index in [4.69, 9.17) is 4.42 Å². The summed E-state index contributed by atoms with van der Waals surface area (Å²) in [5, 5.41) is 4.61. The summed E-state index contributed by atoms with van der Waals surface area (Å²) in [7, 11) is 0. The Kier molecular flexibility index (Phi) is 3.66. The number of nitrogens with one attached hydrogen (secondary N) is 1. The Hall–Kier alpha value is -0.800. The maximum Gasteiger partial charge on any atom is 0.134 e. The van der Waals surface area contributed by atoms with E-state index in [0.717, 1.165) is 23.1 Å². The van der Waals surface area contributed by atoms with Crippen LogP contribution in [-0.2, 0) is 6.54 Å². The van der Waals surface area contributed by atoms with Gasteiger partial charge in [0.05, 0.1) is 6.26 Å². The monoisotopic (exact) mass is 281 g/mol. The van der Waals surface area contributed by atoms with Gasteiger partial charge < -0.3 is 9.73 Å². The van der Waals surface area contributed by atoms with Crippen LogP contribution < -0.4 is 5.32 Å². The summed E-state index contributed by atoms with van der Waals surface area (Å²) in [5.41, 5.74) is 2.17. The largest absolute Gasteiger partial charge is 0.464 e. The fraction of sp³-hybridized carbons (Fsp3) is 0.385. The standard InChI is InChI=1S/C13H16BrNO/c1-9(2)6-15-7-10-8-16-13-4-3-11(14)5-12(10)13/h3-5,8-9,15H,6-7H2,1-2H3. The van der Waals surface area contributed by atoms with E-state index >= 15 is 0 Å². The molecular weight excluding hydrogens is 266 g/mol. The van der Waals surface area contributed by atoms with Crippen LogP contribution in [0.15, 0.2) is 33.4 Å². The van der Waals surface area contributed by atoms with Gasteiger partial charge in [0.2, 0.25) is 0 Å². The summed E-state index contributed by atoms with van der Waals surface area (Å²) in [6.45, 7) is 6.30. The Morgan fingerprint density at radius 3 is 2.94 bits per heavy atom. The second-order valence-corrected chi connectivity index (χ2v) is 5.34. The number of benzene rings is 1. The molecule has 0 unspecified atom stereocenters. The third-order valence-electron chi connectivity index (χ3n) is 2.48. The van der Waals surface area contributed by atoms with Crippen molar-refractivity contribution in [2.24, 2.45) is 5.92 Å². The van der Waals surface area contributed by atoms with Crippen LogP contribution in [0.1, 0.15) is 19.4 Å². The molecule has 0 saturated heterocycles. The second kappa shape index (κ2) is 5.02. The minimum absolute atomic E-state index is 0.671. The van der Waals surface area contributed by atoms with Gasteiger partial charge in [-0.2, -0.15) is 0 Å². The Morgan fingerprint density at radius 2 is 2.19 bits per heavy atom. The molecule has 1 aromatic carbocycles. The zero-order valence-corrected chi connectivity index (χ0v) is 11.2. The zero-order chi connectivity index (χ0) is 11.5. The van der Waals surface area contributed by atoms with Crippen LogP contribution in [0.2, 0.25) is 0 Å². The van der Waals surface area contributed by atoms with E-state index in [0.29, 0.717) is 5.92 Å². The first-order valence-corrected chi connectivity index (χ1v) is 6.32. The molecule has 2 aromatic rings. The van der Waals surface area contributed by atoms with Crippen molar-refractivity contribution in [3.05, 3.63) is 34.5 Å². The van der Waals surface area contributed by atoms with Gasteiger partial charge in [-0.25, -0.2) is 0 Å². The fourth-order valence-electron chi connectivity index (χ4n) is 1.69. The molecule has 2 rings (SSSR count). The number of furan rings is 1. The smallest absolute Gasteiger partial charge is 0.134 e. The van der Waals surface area contributed by atoms with Crippen molar-refractivity contribution >= 4 is 26.9 Å². The number of hydrogen-bond acceptors (Lipinski definition) is 2. The molecule has 16 heavy (non-hydrogen) atoms. The highest BCUT2D eigenvalue weighted by atomic mass is 79.9. The van der Waals surface area contributed by atoms with E-state index in [1.165, 1.54) is 10.9 Å². The summed E-state index contributed by atoms with van der Waals surface area (Å²) < 4.78 is 6.59. The molecule has 0 saturated carbocycles. The van der Waals surface area contributed by atoms with Crippen LogP contribution in [0.4, 0.5) is 0 Å². The van der Waals surface area contributed by atoms with Gasteiger partial charge in [-0.15, -0.1) is 0 Å². The van der Waals surface area contributed by atoms with Crippen molar-refractivity contribution in [1.29, 1.82) is 0 Å². The first-order valence-electron chi connectivity index (χ1n) is 5.53. The van der Waals surface area contributed by atoms with Crippen LogP contribution in [0, 0.1) is 5.92 Å². The van der Waals surface area contributed by atoms with Gasteiger partial charge in [-0.05, 0) is 30.7 Å². The highest BCUT2D eigenvalue weighted by Gasteiger charge is 2.05. The molecule has 0 bridgehead atoms. The van der Waals surface area contributed by atoms with Gasteiger partial charge in [0.1, 0.15) is 5.58 Å². The summed E-state index contributed by atoms with van der Waals surface area (Å²) in [6, 6.07) is 6.09. The molecule has 0 atom stereocenters. The van der Waals surface area contributed by atoms with Gasteiger partial charge in [-0.3, -0.25) is 0 Å². The molecular formula is C13H16BrNO. The molecule has 1 heterocycles. The van der Waals surface area contributed by atoms with E-state index < -0.39 is 0 Å². The predicted molar refractivity (Wildman–Crippen MR) is 70.5 cm³/mol. The summed E-state index contributed by atoms with van der Waals surface area (Å²) in [6.07, 6.45) is 1.84. The van der Waals surface area contributed by atoms with Crippen molar-refractivity contribution in [2.75, 3.05) is 6.54 Å². The lowest BCUT2D eigenvalue weighted by Gasteiger charge is -2.05. The van der Waals surface area contributed by atoms with E-state index in [9.17, 15) is 0 Å². The summed E-state index contributed by atoms with van der Waals surface area (Å²) >= 11 is 3.48. The number of hydrogen-bond donors (Lipinski definition) is 1. The van der Waals surface area contributed by atoms with Crippen molar-refractivity contribution in [2.45, 2.75) is 20.4 Å². The lowest BCUT2D eigenvalue weighted by Crippen LogP contribution is -2.18. The molecule has 3 heteroatoms. The first-order chi connectivity index (χ1) is 7.66. The fourth-order valence-corrected chi connectivity index (χ4v) is 2.05. The zero-order valence-electron chi connectivity index (χ0n) is 9.59. The highest BCUT2D eigenvalue weighted by Crippen LogP contribution is 2.24. The molecule has 0 fully saturated rings. The molecule has 0 aliphatic heterocycles. The number of rotatable bonds is 4. The topological polar surface area (TPSA) is 25.2 Å². The third-order valence-corrected chi connectivity index (χ3v) is 2.98. The molecule has 0 aliphatic rings. The highest BCUT2D eigenvalue weighted by molar-refractivity contribution is 9.10. The van der Waals surface area contributed by atoms with E-state index in [1.807, 2.05) is 18.4 Å².